The lowest BCUT2D eigenvalue weighted by atomic mass is 9.96. The van der Waals surface area contributed by atoms with Crippen molar-refractivity contribution in [1.82, 2.24) is 0 Å². The molecular formula is C34H46O18. The Morgan fingerprint density at radius 1 is 0.712 bits per heavy atom. The molecule has 2 aliphatic heterocycles. The predicted molar refractivity (Wildman–Crippen MR) is 173 cm³/mol. The maximum Gasteiger partial charge on any atom is 0.187 e. The summed E-state index contributed by atoms with van der Waals surface area (Å²) in [6, 6.07) is 12.2. The minimum Gasteiger partial charge on any atom is -0.493 e. The second kappa shape index (κ2) is 19.8. The topological polar surface area (TPSA) is 270 Å². The van der Waals surface area contributed by atoms with Crippen molar-refractivity contribution in [3.05, 3.63) is 59.7 Å². The Morgan fingerprint density at radius 3 is 1.79 bits per heavy atom. The highest BCUT2D eigenvalue weighted by molar-refractivity contribution is 5.75. The molecule has 290 valence electrons. The summed E-state index contributed by atoms with van der Waals surface area (Å²) in [5, 5.41) is 85.4. The number of methoxy groups -OCH3 is 2. The number of hydrogen-bond acceptors (Lipinski definition) is 18. The van der Waals surface area contributed by atoms with Crippen LogP contribution in [0.25, 0.3) is 0 Å². The van der Waals surface area contributed by atoms with Crippen molar-refractivity contribution < 1.29 is 88.3 Å². The molecule has 2 fully saturated rings. The van der Waals surface area contributed by atoms with Crippen LogP contribution in [0, 0.1) is 0 Å². The molecule has 18 heteroatoms. The Kier molecular flexibility index (Phi) is 15.8. The molecule has 0 spiro atoms. The van der Waals surface area contributed by atoms with E-state index in [0.717, 1.165) is 7.11 Å². The third-order valence-corrected chi connectivity index (χ3v) is 8.72. The van der Waals surface area contributed by atoms with Gasteiger partial charge in [-0.3, -0.25) is 9.59 Å². The summed E-state index contributed by atoms with van der Waals surface area (Å²) in [5.74, 6) is 0.720. The molecule has 0 saturated carbocycles. The third-order valence-electron chi connectivity index (χ3n) is 8.72. The van der Waals surface area contributed by atoms with Gasteiger partial charge < -0.3 is 78.7 Å². The van der Waals surface area contributed by atoms with Crippen molar-refractivity contribution in [1.29, 1.82) is 0 Å². The van der Waals surface area contributed by atoms with Gasteiger partial charge in [0.15, 0.2) is 18.9 Å². The number of rotatable bonds is 19. The summed E-state index contributed by atoms with van der Waals surface area (Å²) >= 11 is 0. The number of ether oxygens (including phenoxy) is 8. The number of aliphatic hydroxyl groups excluding tert-OH is 8. The Morgan fingerprint density at radius 2 is 1.25 bits per heavy atom. The summed E-state index contributed by atoms with van der Waals surface area (Å²) in [5.41, 5.74) is 0.836. The highest BCUT2D eigenvalue weighted by Gasteiger charge is 2.52. The molecule has 52 heavy (non-hydrogen) atoms. The molecule has 4 rings (SSSR count). The molecule has 5 unspecified atom stereocenters. The highest BCUT2D eigenvalue weighted by Crippen LogP contribution is 2.32. The van der Waals surface area contributed by atoms with Gasteiger partial charge in [-0.1, -0.05) is 0 Å². The van der Waals surface area contributed by atoms with Crippen LogP contribution in [0.4, 0.5) is 0 Å². The van der Waals surface area contributed by atoms with Crippen molar-refractivity contribution in [3.8, 4) is 11.5 Å². The van der Waals surface area contributed by atoms with Gasteiger partial charge in [0.05, 0.1) is 19.3 Å². The average Bonchev–Trinajstić information content (AvgIpc) is 3.17. The molecule has 18 nitrogen and oxygen atoms in total. The van der Waals surface area contributed by atoms with Crippen LogP contribution in [-0.2, 0) is 28.4 Å². The first kappa shape index (κ1) is 41.6. The first-order chi connectivity index (χ1) is 24.9. The molecule has 0 radical (unpaired) electrons. The normalized spacial score (nSPS) is 31.6. The second-order valence-corrected chi connectivity index (χ2v) is 12.1. The van der Waals surface area contributed by atoms with Gasteiger partial charge in [0.2, 0.25) is 0 Å². The second-order valence-electron chi connectivity index (χ2n) is 12.1. The molecule has 0 amide bonds. The first-order valence-electron chi connectivity index (χ1n) is 16.4. The predicted octanol–water partition coefficient (Wildman–Crippen LogP) is -2.48. The van der Waals surface area contributed by atoms with Crippen molar-refractivity contribution >= 4 is 12.6 Å². The molecule has 2 saturated heterocycles. The summed E-state index contributed by atoms with van der Waals surface area (Å²) in [4.78, 5) is 21.9. The fourth-order valence-electron chi connectivity index (χ4n) is 5.71. The number of aldehydes is 2. The molecule has 8 N–H and O–H groups in total. The zero-order valence-electron chi connectivity index (χ0n) is 28.3. The van der Waals surface area contributed by atoms with Gasteiger partial charge in [-0.25, -0.2) is 0 Å². The highest BCUT2D eigenvalue weighted by atomic mass is 16.7. The van der Waals surface area contributed by atoms with Crippen LogP contribution in [0.15, 0.2) is 48.5 Å². The largest absolute Gasteiger partial charge is 0.493 e. The van der Waals surface area contributed by atoms with Gasteiger partial charge in [-0.2, -0.15) is 0 Å². The third kappa shape index (κ3) is 10.3. The molecular weight excluding hydrogens is 696 g/mol. The minimum absolute atomic E-state index is 0.144. The summed E-state index contributed by atoms with van der Waals surface area (Å²) < 4.78 is 44.6. The lowest BCUT2D eigenvalue weighted by molar-refractivity contribution is -0.366. The quantitative estimate of drug-likeness (QED) is 0.0547. The molecule has 0 aliphatic carbocycles. The average molecular weight is 743 g/mol. The Labute approximate surface area is 298 Å². The van der Waals surface area contributed by atoms with Crippen LogP contribution in [-0.4, -0.2) is 173 Å². The molecule has 2 aliphatic rings. The Bertz CT molecular complexity index is 1360. The van der Waals surface area contributed by atoms with E-state index in [1.54, 1.807) is 12.1 Å². The standard InChI is InChI=1S/C34H46O18/c1-45-30-23(16-48-20-9-5-18(14-36)6-10-20)51-34(28(42)25(30)39)52-31-22(15-37)50-33(29(43)26(31)40)49-21(24(38)27(41)32(44)46-2)11-12-47-19-7-3-17(13-35)4-8-19/h3-10,13-14,21-34,37-44H,11-12,15-16H2,1-2H3/t21-,22?,23?,24?,25?,26?,27-,28-,29-,30-,31-,32+,33-,34+/m0/s1. The van der Waals surface area contributed by atoms with Crippen LogP contribution in [0.5, 0.6) is 11.5 Å². The van der Waals surface area contributed by atoms with E-state index < -0.39 is 92.6 Å². The van der Waals surface area contributed by atoms with Crippen molar-refractivity contribution in [2.45, 2.75) is 92.4 Å². The van der Waals surface area contributed by atoms with Crippen molar-refractivity contribution in [2.75, 3.05) is 34.0 Å². The van der Waals surface area contributed by atoms with E-state index in [1.807, 2.05) is 0 Å². The van der Waals surface area contributed by atoms with E-state index >= 15 is 0 Å². The summed E-state index contributed by atoms with van der Waals surface area (Å²) in [7, 11) is 2.37. The van der Waals surface area contributed by atoms with E-state index in [1.165, 1.54) is 43.5 Å². The molecule has 0 aromatic heterocycles. The van der Waals surface area contributed by atoms with Crippen molar-refractivity contribution in [2.24, 2.45) is 0 Å². The van der Waals surface area contributed by atoms with Gasteiger partial charge in [0.1, 0.15) is 91.7 Å². The zero-order valence-corrected chi connectivity index (χ0v) is 28.3. The lowest BCUT2D eigenvalue weighted by Gasteiger charge is -2.47. The first-order valence-corrected chi connectivity index (χ1v) is 16.4. The lowest BCUT2D eigenvalue weighted by Crippen LogP contribution is -2.65. The Hall–Kier alpha value is -3.18. The number of hydrogen-bond donors (Lipinski definition) is 8. The number of carbonyl (C=O) groups excluding carboxylic acids is 2. The number of aliphatic hydroxyl groups is 8. The maximum absolute atomic E-state index is 11.2. The fourth-order valence-corrected chi connectivity index (χ4v) is 5.71. The van der Waals surface area contributed by atoms with Gasteiger partial charge >= 0.3 is 0 Å². The van der Waals surface area contributed by atoms with E-state index in [4.69, 9.17) is 37.9 Å². The van der Waals surface area contributed by atoms with E-state index in [9.17, 15) is 50.4 Å². The van der Waals surface area contributed by atoms with E-state index in [0.29, 0.717) is 35.2 Å². The fraction of sp³-hybridized carbons (Fsp3) is 0.588. The Balaban J connectivity index is 1.44. The van der Waals surface area contributed by atoms with Gasteiger partial charge in [-0.15, -0.1) is 0 Å². The van der Waals surface area contributed by atoms with Gasteiger partial charge in [0.25, 0.3) is 0 Å². The summed E-state index contributed by atoms with van der Waals surface area (Å²) in [6.07, 6.45) is -21.6. The van der Waals surface area contributed by atoms with Gasteiger partial charge in [0, 0.05) is 31.8 Å². The minimum atomic E-state index is -1.92. The molecule has 2 heterocycles. The van der Waals surface area contributed by atoms with Crippen LogP contribution in [0.3, 0.4) is 0 Å². The maximum atomic E-state index is 11.2. The van der Waals surface area contributed by atoms with Crippen LogP contribution in [0.2, 0.25) is 0 Å². The number of carbonyl (C=O) groups is 2. The monoisotopic (exact) mass is 742 g/mol. The van der Waals surface area contributed by atoms with Gasteiger partial charge in [-0.05, 0) is 48.5 Å². The molecule has 0 bridgehead atoms. The molecule has 2 aromatic rings. The molecule has 2 aromatic carbocycles. The van der Waals surface area contributed by atoms with Crippen LogP contribution < -0.4 is 9.47 Å². The van der Waals surface area contributed by atoms with Crippen LogP contribution in [0.1, 0.15) is 27.1 Å². The van der Waals surface area contributed by atoms with E-state index in [2.05, 4.69) is 0 Å². The SMILES string of the molecule is CO[C@H]1C(COc2ccc(C=O)cc2)O[C@H](O[C@H]2C(CO)O[C@H](O[C@@H](CCOc3ccc(C=O)cc3)C(O)[C@H](O)[C@H](O)OC)[C@@H](O)C2O)[C@@H](O)C1O. The smallest absolute Gasteiger partial charge is 0.187 e. The zero-order chi connectivity index (χ0) is 37.9. The van der Waals surface area contributed by atoms with Crippen LogP contribution >= 0.6 is 0 Å². The summed E-state index contributed by atoms with van der Waals surface area (Å²) in [6.45, 7) is -1.17. The number of benzene rings is 2. The van der Waals surface area contributed by atoms with Crippen molar-refractivity contribution in [3.63, 3.8) is 0 Å². The van der Waals surface area contributed by atoms with E-state index in [-0.39, 0.29) is 19.6 Å². The molecule has 14 atom stereocenters.